The van der Waals surface area contributed by atoms with E-state index in [-0.39, 0.29) is 18.3 Å². The lowest BCUT2D eigenvalue weighted by Crippen LogP contribution is -2.46. The number of rotatable bonds is 4. The summed E-state index contributed by atoms with van der Waals surface area (Å²) in [6.07, 6.45) is 2.24. The summed E-state index contributed by atoms with van der Waals surface area (Å²) < 4.78 is 0. The fourth-order valence-corrected chi connectivity index (χ4v) is 3.19. The highest BCUT2D eigenvalue weighted by molar-refractivity contribution is 8.00. The van der Waals surface area contributed by atoms with E-state index in [0.29, 0.717) is 11.8 Å². The second kappa shape index (κ2) is 8.55. The van der Waals surface area contributed by atoms with Crippen molar-refractivity contribution in [3.63, 3.8) is 0 Å². The maximum atomic E-state index is 11.9. The standard InChI is InChI=1S/C15H22N2OS.ClH/c1-11-5-6-12(2)14(8-11)19-10-15(18)17-13-4-3-7-16-9-13;/h5-6,8,13,16H,3-4,7,9-10H2,1-2H3,(H,17,18);1H. The molecule has 1 amide bonds. The van der Waals surface area contributed by atoms with Crippen molar-refractivity contribution in [3.05, 3.63) is 29.3 Å². The predicted molar refractivity (Wildman–Crippen MR) is 87.9 cm³/mol. The Morgan fingerprint density at radius 3 is 2.95 bits per heavy atom. The molecule has 2 rings (SSSR count). The molecule has 0 radical (unpaired) electrons. The summed E-state index contributed by atoms with van der Waals surface area (Å²) in [6.45, 7) is 6.14. The average Bonchev–Trinajstić information content (AvgIpc) is 2.41. The number of thioether (sulfide) groups is 1. The van der Waals surface area contributed by atoms with Gasteiger partial charge in [-0.15, -0.1) is 24.2 Å². The van der Waals surface area contributed by atoms with Crippen LogP contribution in [0.15, 0.2) is 23.1 Å². The topological polar surface area (TPSA) is 41.1 Å². The van der Waals surface area contributed by atoms with E-state index in [9.17, 15) is 4.79 Å². The number of amides is 1. The van der Waals surface area contributed by atoms with Gasteiger partial charge in [0.25, 0.3) is 0 Å². The van der Waals surface area contributed by atoms with Gasteiger partial charge in [0.1, 0.15) is 0 Å². The van der Waals surface area contributed by atoms with Crippen LogP contribution in [0.2, 0.25) is 0 Å². The molecule has 1 aromatic carbocycles. The predicted octanol–water partition coefficient (Wildman–Crippen LogP) is 2.69. The zero-order valence-electron chi connectivity index (χ0n) is 12.1. The number of aryl methyl sites for hydroxylation is 2. The first kappa shape index (κ1) is 17.3. The van der Waals surface area contributed by atoms with Crippen LogP contribution in [-0.4, -0.2) is 30.8 Å². The molecule has 20 heavy (non-hydrogen) atoms. The van der Waals surface area contributed by atoms with Gasteiger partial charge in [0.05, 0.1) is 5.75 Å². The molecule has 1 heterocycles. The van der Waals surface area contributed by atoms with Crippen LogP contribution in [0.25, 0.3) is 0 Å². The number of halogens is 1. The molecule has 1 atom stereocenters. The molecule has 0 spiro atoms. The first-order valence-corrected chi connectivity index (χ1v) is 7.84. The van der Waals surface area contributed by atoms with Crippen LogP contribution in [0, 0.1) is 13.8 Å². The molecule has 0 bridgehead atoms. The van der Waals surface area contributed by atoms with Gasteiger partial charge in [0.15, 0.2) is 0 Å². The molecule has 1 aliphatic heterocycles. The molecule has 1 unspecified atom stereocenters. The van der Waals surface area contributed by atoms with Crippen LogP contribution in [0.5, 0.6) is 0 Å². The van der Waals surface area contributed by atoms with Gasteiger partial charge in [-0.25, -0.2) is 0 Å². The minimum Gasteiger partial charge on any atom is -0.351 e. The molecule has 1 saturated heterocycles. The third-order valence-electron chi connectivity index (χ3n) is 3.36. The number of carbonyl (C=O) groups is 1. The van der Waals surface area contributed by atoms with Crippen molar-refractivity contribution in [2.24, 2.45) is 0 Å². The summed E-state index contributed by atoms with van der Waals surface area (Å²) in [4.78, 5) is 13.1. The van der Waals surface area contributed by atoms with Crippen molar-refractivity contribution in [1.82, 2.24) is 10.6 Å². The van der Waals surface area contributed by atoms with Crippen molar-refractivity contribution in [3.8, 4) is 0 Å². The summed E-state index contributed by atoms with van der Waals surface area (Å²) in [6, 6.07) is 6.67. The summed E-state index contributed by atoms with van der Waals surface area (Å²) in [5.74, 6) is 0.639. The number of piperidine rings is 1. The van der Waals surface area contributed by atoms with Gasteiger partial charge < -0.3 is 10.6 Å². The molecule has 1 aromatic rings. The Morgan fingerprint density at radius 1 is 1.45 bits per heavy atom. The van der Waals surface area contributed by atoms with Crippen molar-refractivity contribution >= 4 is 30.1 Å². The number of nitrogens with one attached hydrogen (secondary N) is 2. The number of carbonyl (C=O) groups excluding carboxylic acids is 1. The van der Waals surface area contributed by atoms with Crippen molar-refractivity contribution in [2.75, 3.05) is 18.8 Å². The lowest BCUT2D eigenvalue weighted by Gasteiger charge is -2.23. The average molecular weight is 315 g/mol. The molecule has 112 valence electrons. The zero-order chi connectivity index (χ0) is 13.7. The van der Waals surface area contributed by atoms with Gasteiger partial charge in [-0.3, -0.25) is 4.79 Å². The summed E-state index contributed by atoms with van der Waals surface area (Å²) in [5, 5.41) is 6.41. The molecule has 1 fully saturated rings. The highest BCUT2D eigenvalue weighted by Gasteiger charge is 2.15. The fourth-order valence-electron chi connectivity index (χ4n) is 2.25. The van der Waals surface area contributed by atoms with Crippen LogP contribution in [0.1, 0.15) is 24.0 Å². The molecular formula is C15H23ClN2OS. The van der Waals surface area contributed by atoms with Crippen LogP contribution in [0.4, 0.5) is 0 Å². The van der Waals surface area contributed by atoms with E-state index in [1.807, 2.05) is 0 Å². The lowest BCUT2D eigenvalue weighted by atomic mass is 10.1. The maximum absolute atomic E-state index is 11.9. The van der Waals surface area contributed by atoms with Crippen molar-refractivity contribution in [1.29, 1.82) is 0 Å². The normalized spacial score (nSPS) is 18.2. The van der Waals surface area contributed by atoms with E-state index in [2.05, 4.69) is 42.7 Å². The van der Waals surface area contributed by atoms with Gasteiger partial charge in [-0.2, -0.15) is 0 Å². The monoisotopic (exact) mass is 314 g/mol. The second-order valence-electron chi connectivity index (χ2n) is 5.17. The smallest absolute Gasteiger partial charge is 0.230 e. The number of hydrogen-bond acceptors (Lipinski definition) is 3. The van der Waals surface area contributed by atoms with Crippen LogP contribution in [0.3, 0.4) is 0 Å². The Hall–Kier alpha value is -0.710. The molecule has 0 saturated carbocycles. The highest BCUT2D eigenvalue weighted by Crippen LogP contribution is 2.23. The first-order valence-electron chi connectivity index (χ1n) is 6.85. The third-order valence-corrected chi connectivity index (χ3v) is 4.52. The van der Waals surface area contributed by atoms with E-state index in [0.717, 1.165) is 25.9 Å². The Bertz CT molecular complexity index is 447. The Kier molecular flexibility index (Phi) is 7.41. The molecule has 0 aromatic heterocycles. The van der Waals surface area contributed by atoms with E-state index in [4.69, 9.17) is 0 Å². The SMILES string of the molecule is Cc1ccc(C)c(SCC(=O)NC2CCCNC2)c1.Cl. The molecule has 3 nitrogen and oxygen atoms in total. The van der Waals surface area contributed by atoms with Crippen LogP contribution in [-0.2, 0) is 4.79 Å². The summed E-state index contributed by atoms with van der Waals surface area (Å²) in [5.41, 5.74) is 2.48. The second-order valence-corrected chi connectivity index (χ2v) is 6.19. The van der Waals surface area contributed by atoms with Crippen LogP contribution < -0.4 is 10.6 Å². The maximum Gasteiger partial charge on any atom is 0.230 e. The van der Waals surface area contributed by atoms with Crippen molar-refractivity contribution < 1.29 is 4.79 Å². The van der Waals surface area contributed by atoms with Crippen LogP contribution >= 0.6 is 24.2 Å². The Morgan fingerprint density at radius 2 is 2.25 bits per heavy atom. The van der Waals surface area contributed by atoms with Gasteiger partial charge in [0.2, 0.25) is 5.91 Å². The minimum atomic E-state index is 0. The zero-order valence-corrected chi connectivity index (χ0v) is 13.7. The lowest BCUT2D eigenvalue weighted by molar-refractivity contribution is -0.119. The molecule has 1 aliphatic rings. The van der Waals surface area contributed by atoms with E-state index in [1.54, 1.807) is 11.8 Å². The third kappa shape index (κ3) is 5.35. The first-order chi connectivity index (χ1) is 9.15. The van der Waals surface area contributed by atoms with Gasteiger partial charge >= 0.3 is 0 Å². The fraction of sp³-hybridized carbons (Fsp3) is 0.533. The van der Waals surface area contributed by atoms with Crippen molar-refractivity contribution in [2.45, 2.75) is 37.6 Å². The molecular weight excluding hydrogens is 292 g/mol. The quantitative estimate of drug-likeness (QED) is 0.840. The summed E-state index contributed by atoms with van der Waals surface area (Å²) in [7, 11) is 0. The Labute approximate surface area is 131 Å². The molecule has 2 N–H and O–H groups in total. The highest BCUT2D eigenvalue weighted by atomic mass is 35.5. The van der Waals surface area contributed by atoms with E-state index in [1.165, 1.54) is 16.0 Å². The minimum absolute atomic E-state index is 0. The van der Waals surface area contributed by atoms with Gasteiger partial charge in [0, 0.05) is 17.5 Å². The molecule has 0 aliphatic carbocycles. The summed E-state index contributed by atoms with van der Waals surface area (Å²) >= 11 is 1.63. The van der Waals surface area contributed by atoms with Gasteiger partial charge in [-0.05, 0) is 44.9 Å². The van der Waals surface area contributed by atoms with E-state index < -0.39 is 0 Å². The number of benzene rings is 1. The largest absolute Gasteiger partial charge is 0.351 e. The Balaban J connectivity index is 0.00000200. The molecule has 5 heteroatoms. The number of hydrogen-bond donors (Lipinski definition) is 2. The van der Waals surface area contributed by atoms with E-state index >= 15 is 0 Å². The van der Waals surface area contributed by atoms with Gasteiger partial charge in [-0.1, -0.05) is 17.7 Å².